The van der Waals surface area contributed by atoms with Crippen LogP contribution in [0, 0.1) is 13.8 Å². The van der Waals surface area contributed by atoms with Crippen LogP contribution in [0.3, 0.4) is 0 Å². The Hall–Kier alpha value is -3.68. The van der Waals surface area contributed by atoms with E-state index >= 15 is 0 Å². The van der Waals surface area contributed by atoms with Crippen LogP contribution in [0.15, 0.2) is 49.1 Å². The molecule has 4 rings (SSSR count). The Kier molecular flexibility index (Phi) is 7.25. The van der Waals surface area contributed by atoms with Crippen molar-refractivity contribution in [3.05, 3.63) is 77.1 Å². The van der Waals surface area contributed by atoms with Gasteiger partial charge in [0, 0.05) is 61.3 Å². The summed E-state index contributed by atoms with van der Waals surface area (Å²) in [6.07, 6.45) is 7.70. The molecular weight excluding hydrogens is 430 g/mol. The molecule has 2 amide bonds. The number of phenolic OH excluding ortho intramolecular Hbond substituents is 1. The predicted molar refractivity (Wildman–Crippen MR) is 129 cm³/mol. The molecule has 3 heterocycles. The summed E-state index contributed by atoms with van der Waals surface area (Å²) in [7, 11) is 0. The van der Waals surface area contributed by atoms with Gasteiger partial charge in [0.2, 0.25) is 0 Å². The number of phenols is 1. The minimum absolute atomic E-state index is 0.0695. The summed E-state index contributed by atoms with van der Waals surface area (Å²) >= 11 is 0. The Labute approximate surface area is 199 Å². The van der Waals surface area contributed by atoms with Gasteiger partial charge in [-0.3, -0.25) is 14.6 Å². The smallest absolute Gasteiger partial charge is 0.254 e. The number of benzene rings is 1. The van der Waals surface area contributed by atoms with E-state index in [2.05, 4.69) is 10.3 Å². The molecule has 0 atom stereocenters. The van der Waals surface area contributed by atoms with Crippen molar-refractivity contribution in [2.45, 2.75) is 45.6 Å². The number of piperidine rings is 1. The number of imidazole rings is 1. The first-order valence-corrected chi connectivity index (χ1v) is 11.7. The average molecular weight is 462 g/mol. The fraction of sp³-hybridized carbons (Fsp3) is 0.385. The molecule has 0 bridgehead atoms. The lowest BCUT2D eigenvalue weighted by Gasteiger charge is -2.33. The highest BCUT2D eigenvalue weighted by Gasteiger charge is 2.29. The molecule has 1 fully saturated rings. The van der Waals surface area contributed by atoms with E-state index in [9.17, 15) is 14.7 Å². The average Bonchev–Trinajstić information content (AvgIpc) is 3.37. The zero-order valence-corrected chi connectivity index (χ0v) is 19.7. The molecule has 0 aliphatic carbocycles. The van der Waals surface area contributed by atoms with Crippen LogP contribution in [0.2, 0.25) is 0 Å². The minimum Gasteiger partial charge on any atom is -0.508 e. The van der Waals surface area contributed by atoms with Gasteiger partial charge in [0.1, 0.15) is 5.75 Å². The Bertz CT molecular complexity index is 1150. The molecule has 34 heavy (non-hydrogen) atoms. The van der Waals surface area contributed by atoms with Crippen LogP contribution in [-0.2, 0) is 6.54 Å². The molecular formula is C26H31N5O3. The molecule has 0 spiro atoms. The second-order valence-corrected chi connectivity index (χ2v) is 8.81. The number of nitrogens with zero attached hydrogens (tertiary/aromatic N) is 4. The van der Waals surface area contributed by atoms with Crippen molar-refractivity contribution in [3.8, 4) is 5.75 Å². The van der Waals surface area contributed by atoms with Gasteiger partial charge in [-0.2, -0.15) is 0 Å². The van der Waals surface area contributed by atoms with E-state index in [-0.39, 0.29) is 23.5 Å². The number of pyridine rings is 1. The highest BCUT2D eigenvalue weighted by Crippen LogP contribution is 2.31. The number of hydrogen-bond acceptors (Lipinski definition) is 5. The maximum Gasteiger partial charge on any atom is 0.254 e. The van der Waals surface area contributed by atoms with Gasteiger partial charge in [-0.05, 0) is 57.4 Å². The van der Waals surface area contributed by atoms with E-state index < -0.39 is 0 Å². The van der Waals surface area contributed by atoms with Gasteiger partial charge in [0.25, 0.3) is 11.8 Å². The molecule has 2 aromatic heterocycles. The summed E-state index contributed by atoms with van der Waals surface area (Å²) in [5.74, 6) is 0.0632. The van der Waals surface area contributed by atoms with Crippen LogP contribution in [-0.4, -0.2) is 56.0 Å². The largest absolute Gasteiger partial charge is 0.508 e. The summed E-state index contributed by atoms with van der Waals surface area (Å²) in [5.41, 5.74) is 3.43. The van der Waals surface area contributed by atoms with Crippen molar-refractivity contribution in [1.29, 1.82) is 0 Å². The standard InChI is InChI=1S/C26H31N5O3/c1-18-7-8-22(25(33)28-11-4-13-30-16-12-27-17-30)24(29-18)20-9-14-31(15-10-20)26(34)21-5-3-6-23(32)19(21)2/h3,5-8,12,16-17,20,32H,4,9-11,13-15H2,1-2H3,(H,28,33). The number of aryl methyl sites for hydroxylation is 2. The summed E-state index contributed by atoms with van der Waals surface area (Å²) < 4.78 is 1.98. The van der Waals surface area contributed by atoms with Gasteiger partial charge in [0.05, 0.1) is 17.6 Å². The molecule has 3 aromatic rings. The number of carbonyl (C=O) groups excluding carboxylic acids is 2. The molecule has 0 unspecified atom stereocenters. The van der Waals surface area contributed by atoms with Gasteiger partial charge in [-0.25, -0.2) is 4.98 Å². The first-order valence-electron chi connectivity index (χ1n) is 11.7. The lowest BCUT2D eigenvalue weighted by molar-refractivity contribution is 0.0709. The van der Waals surface area contributed by atoms with Crippen LogP contribution >= 0.6 is 0 Å². The molecule has 1 saturated heterocycles. The zero-order valence-electron chi connectivity index (χ0n) is 19.7. The van der Waals surface area contributed by atoms with Crippen molar-refractivity contribution in [2.24, 2.45) is 0 Å². The van der Waals surface area contributed by atoms with Crippen LogP contribution in [0.5, 0.6) is 5.75 Å². The fourth-order valence-electron chi connectivity index (χ4n) is 4.44. The highest BCUT2D eigenvalue weighted by atomic mass is 16.3. The van der Waals surface area contributed by atoms with E-state index in [0.29, 0.717) is 36.3 Å². The normalized spacial score (nSPS) is 14.2. The molecule has 2 N–H and O–H groups in total. The number of aromatic nitrogens is 3. The second-order valence-electron chi connectivity index (χ2n) is 8.81. The monoisotopic (exact) mass is 461 g/mol. The lowest BCUT2D eigenvalue weighted by atomic mass is 9.89. The second kappa shape index (κ2) is 10.5. The minimum atomic E-state index is -0.109. The molecule has 0 radical (unpaired) electrons. The quantitative estimate of drug-likeness (QED) is 0.525. The number of hydrogen-bond donors (Lipinski definition) is 2. The van der Waals surface area contributed by atoms with E-state index in [1.54, 1.807) is 37.6 Å². The maximum absolute atomic E-state index is 13.0. The number of likely N-dealkylation sites (tertiary alicyclic amines) is 1. The van der Waals surface area contributed by atoms with Gasteiger partial charge < -0.3 is 19.9 Å². The third-order valence-electron chi connectivity index (χ3n) is 6.45. The van der Waals surface area contributed by atoms with Crippen molar-refractivity contribution >= 4 is 11.8 Å². The van der Waals surface area contributed by atoms with Gasteiger partial charge in [-0.1, -0.05) is 6.07 Å². The molecule has 0 saturated carbocycles. The summed E-state index contributed by atoms with van der Waals surface area (Å²) in [6.45, 7) is 6.22. The number of carbonyl (C=O) groups is 2. The van der Waals surface area contributed by atoms with E-state index in [1.807, 2.05) is 34.7 Å². The van der Waals surface area contributed by atoms with E-state index in [0.717, 1.165) is 37.2 Å². The topological polar surface area (TPSA) is 100 Å². The highest BCUT2D eigenvalue weighted by molar-refractivity contribution is 5.96. The fourth-order valence-corrected chi connectivity index (χ4v) is 4.44. The third kappa shape index (κ3) is 5.27. The number of rotatable bonds is 7. The molecule has 178 valence electrons. The lowest BCUT2D eigenvalue weighted by Crippen LogP contribution is -2.39. The van der Waals surface area contributed by atoms with Crippen molar-refractivity contribution in [3.63, 3.8) is 0 Å². The van der Waals surface area contributed by atoms with Crippen LogP contribution in [0.1, 0.15) is 62.8 Å². The Morgan fingerprint density at radius 1 is 1.12 bits per heavy atom. The van der Waals surface area contributed by atoms with Crippen LogP contribution in [0.25, 0.3) is 0 Å². The van der Waals surface area contributed by atoms with Crippen molar-refractivity contribution in [1.82, 2.24) is 24.8 Å². The molecule has 1 aliphatic rings. The predicted octanol–water partition coefficient (Wildman–Crippen LogP) is 3.44. The van der Waals surface area contributed by atoms with Gasteiger partial charge >= 0.3 is 0 Å². The summed E-state index contributed by atoms with van der Waals surface area (Å²) in [6, 6.07) is 8.76. The van der Waals surface area contributed by atoms with Crippen LogP contribution < -0.4 is 5.32 Å². The molecule has 1 aromatic carbocycles. The summed E-state index contributed by atoms with van der Waals surface area (Å²) in [5, 5.41) is 13.0. The number of amides is 2. The Morgan fingerprint density at radius 2 is 1.91 bits per heavy atom. The van der Waals surface area contributed by atoms with Gasteiger partial charge in [0.15, 0.2) is 0 Å². The molecule has 8 heteroatoms. The first-order chi connectivity index (χ1) is 16.4. The first kappa shape index (κ1) is 23.5. The Morgan fingerprint density at radius 3 is 2.65 bits per heavy atom. The Balaban J connectivity index is 1.38. The van der Waals surface area contributed by atoms with Gasteiger partial charge in [-0.15, -0.1) is 0 Å². The number of aromatic hydroxyl groups is 1. The zero-order chi connectivity index (χ0) is 24.1. The van der Waals surface area contributed by atoms with Crippen LogP contribution in [0.4, 0.5) is 0 Å². The maximum atomic E-state index is 13.0. The summed E-state index contributed by atoms with van der Waals surface area (Å²) in [4.78, 5) is 36.5. The third-order valence-corrected chi connectivity index (χ3v) is 6.45. The SMILES string of the molecule is Cc1ccc(C(=O)NCCCn2ccnc2)c(C2CCN(C(=O)c3cccc(O)c3C)CC2)n1. The van der Waals surface area contributed by atoms with E-state index in [1.165, 1.54) is 0 Å². The number of nitrogens with one attached hydrogen (secondary N) is 1. The van der Waals surface area contributed by atoms with E-state index in [4.69, 9.17) is 4.98 Å². The molecule has 8 nitrogen and oxygen atoms in total. The molecule has 1 aliphatic heterocycles. The van der Waals surface area contributed by atoms with Crippen molar-refractivity contribution in [2.75, 3.05) is 19.6 Å². The van der Waals surface area contributed by atoms with Crippen molar-refractivity contribution < 1.29 is 14.7 Å².